The molecule has 0 spiro atoms. The van der Waals surface area contributed by atoms with Crippen molar-refractivity contribution < 1.29 is 9.59 Å². The van der Waals surface area contributed by atoms with Crippen LogP contribution in [0.1, 0.15) is 6.42 Å². The van der Waals surface area contributed by atoms with Gasteiger partial charge in [0.25, 0.3) is 0 Å². The van der Waals surface area contributed by atoms with Crippen LogP contribution in [0.3, 0.4) is 0 Å². The number of halogens is 1. The van der Waals surface area contributed by atoms with Gasteiger partial charge in [0.1, 0.15) is 0 Å². The lowest BCUT2D eigenvalue weighted by Crippen LogP contribution is -2.37. The average molecular weight is 303 g/mol. The van der Waals surface area contributed by atoms with Crippen LogP contribution in [0.2, 0.25) is 5.02 Å². The van der Waals surface area contributed by atoms with Crippen LogP contribution >= 0.6 is 11.6 Å². The molecule has 3 aliphatic rings. The van der Waals surface area contributed by atoms with Gasteiger partial charge in [-0.15, -0.1) is 0 Å². The van der Waals surface area contributed by atoms with Crippen molar-refractivity contribution >= 4 is 29.1 Å². The molecule has 21 heavy (non-hydrogen) atoms. The van der Waals surface area contributed by atoms with Crippen LogP contribution in [0, 0.1) is 23.7 Å². The van der Waals surface area contributed by atoms with Crippen molar-refractivity contribution in [3.05, 3.63) is 41.4 Å². The zero-order valence-corrected chi connectivity index (χ0v) is 12.1. The smallest absolute Gasteiger partial charge is 0.235 e. The molecule has 4 atom stereocenters. The molecule has 1 saturated carbocycles. The van der Waals surface area contributed by atoms with Crippen LogP contribution in [0.15, 0.2) is 36.4 Å². The Labute approximate surface area is 127 Å². The van der Waals surface area contributed by atoms with Crippen molar-refractivity contribution in [1.29, 1.82) is 0 Å². The minimum Gasteiger partial charge on any atom is -0.367 e. The highest BCUT2D eigenvalue weighted by Gasteiger charge is 2.59. The monoisotopic (exact) mass is 302 g/mol. The van der Waals surface area contributed by atoms with E-state index in [0.29, 0.717) is 5.02 Å². The van der Waals surface area contributed by atoms with Crippen molar-refractivity contribution in [3.8, 4) is 0 Å². The first-order chi connectivity index (χ1) is 10.1. The predicted molar refractivity (Wildman–Crippen MR) is 79.5 cm³/mol. The van der Waals surface area contributed by atoms with E-state index in [1.807, 2.05) is 12.1 Å². The van der Waals surface area contributed by atoms with Crippen LogP contribution in [0.25, 0.3) is 0 Å². The molecule has 5 heteroatoms. The van der Waals surface area contributed by atoms with Gasteiger partial charge in [-0.05, 0) is 36.5 Å². The number of carbonyl (C=O) groups excluding carboxylic acids is 2. The second kappa shape index (κ2) is 4.60. The minimum absolute atomic E-state index is 0.0311. The van der Waals surface area contributed by atoms with Crippen molar-refractivity contribution in [2.24, 2.45) is 23.7 Å². The zero-order valence-electron chi connectivity index (χ0n) is 11.3. The number of anilines is 1. The highest BCUT2D eigenvalue weighted by atomic mass is 35.5. The fourth-order valence-corrected chi connectivity index (χ4v) is 4.08. The second-order valence-corrected chi connectivity index (χ2v) is 6.39. The zero-order chi connectivity index (χ0) is 14.6. The summed E-state index contributed by atoms with van der Waals surface area (Å²) in [4.78, 5) is 26.3. The maximum absolute atomic E-state index is 12.5. The maximum Gasteiger partial charge on any atom is 0.235 e. The molecule has 2 amide bonds. The summed E-state index contributed by atoms with van der Waals surface area (Å²) in [5.74, 6) is 0.190. The van der Waals surface area contributed by atoms with Gasteiger partial charge in [0.15, 0.2) is 0 Å². The first kappa shape index (κ1) is 12.9. The number of hydrogen-bond acceptors (Lipinski definition) is 3. The molecule has 1 aromatic carbocycles. The van der Waals surface area contributed by atoms with E-state index >= 15 is 0 Å². The van der Waals surface area contributed by atoms with Gasteiger partial charge >= 0.3 is 0 Å². The largest absolute Gasteiger partial charge is 0.367 e. The molecule has 2 fully saturated rings. The SMILES string of the molecule is O=C1C2C3C=CC(C3)C2C(=O)N1CNc1cccc(Cl)c1. The summed E-state index contributed by atoms with van der Waals surface area (Å²) in [6, 6.07) is 7.26. The summed E-state index contributed by atoms with van der Waals surface area (Å²) in [6.45, 7) is 0.213. The second-order valence-electron chi connectivity index (χ2n) is 5.95. The van der Waals surface area contributed by atoms with E-state index in [1.54, 1.807) is 12.1 Å². The maximum atomic E-state index is 12.5. The molecule has 1 heterocycles. The molecule has 2 aliphatic carbocycles. The third kappa shape index (κ3) is 1.89. The summed E-state index contributed by atoms with van der Waals surface area (Å²) in [7, 11) is 0. The molecular formula is C16H15ClN2O2. The van der Waals surface area contributed by atoms with Crippen molar-refractivity contribution in [2.45, 2.75) is 6.42 Å². The van der Waals surface area contributed by atoms with Gasteiger partial charge in [-0.1, -0.05) is 29.8 Å². The molecule has 108 valence electrons. The van der Waals surface area contributed by atoms with Gasteiger partial charge < -0.3 is 5.32 Å². The van der Waals surface area contributed by atoms with Gasteiger partial charge in [0.05, 0.1) is 18.5 Å². The lowest BCUT2D eigenvalue weighted by atomic mass is 9.85. The molecule has 1 aromatic rings. The van der Waals surface area contributed by atoms with Gasteiger partial charge in [-0.2, -0.15) is 0 Å². The molecule has 0 radical (unpaired) electrons. The number of benzene rings is 1. The van der Waals surface area contributed by atoms with Crippen molar-refractivity contribution in [3.63, 3.8) is 0 Å². The fourth-order valence-electron chi connectivity index (χ4n) is 3.89. The van der Waals surface area contributed by atoms with E-state index in [1.165, 1.54) is 4.90 Å². The first-order valence-electron chi connectivity index (χ1n) is 7.18. The Bertz CT molecular complexity index is 627. The summed E-state index contributed by atoms with van der Waals surface area (Å²) in [5.41, 5.74) is 0.807. The molecule has 1 saturated heterocycles. The first-order valence-corrected chi connectivity index (χ1v) is 7.56. The van der Waals surface area contributed by atoms with Crippen LogP contribution < -0.4 is 5.32 Å². The number of nitrogens with zero attached hydrogens (tertiary/aromatic N) is 1. The molecule has 4 rings (SSSR count). The number of allylic oxidation sites excluding steroid dienone is 2. The Balaban J connectivity index is 1.50. The number of rotatable bonds is 3. The van der Waals surface area contributed by atoms with Gasteiger partial charge in [-0.3, -0.25) is 14.5 Å². The third-order valence-corrected chi connectivity index (χ3v) is 5.06. The van der Waals surface area contributed by atoms with Crippen LogP contribution in [0.5, 0.6) is 0 Å². The number of likely N-dealkylation sites (tertiary alicyclic amines) is 1. The van der Waals surface area contributed by atoms with Crippen molar-refractivity contribution in [1.82, 2.24) is 4.90 Å². The van der Waals surface area contributed by atoms with Crippen molar-refractivity contribution in [2.75, 3.05) is 12.0 Å². The number of fused-ring (bicyclic) bond motifs is 5. The lowest BCUT2D eigenvalue weighted by molar-refractivity contribution is -0.140. The number of imide groups is 1. The van der Waals surface area contributed by atoms with Crippen LogP contribution in [-0.2, 0) is 9.59 Å². The van der Waals surface area contributed by atoms with E-state index in [4.69, 9.17) is 11.6 Å². The standard InChI is InChI=1S/C16H15ClN2O2/c17-11-2-1-3-12(7-11)18-8-19-15(20)13-9-4-5-10(6-9)14(13)16(19)21/h1-5,7,9-10,13-14,18H,6,8H2. The highest BCUT2D eigenvalue weighted by molar-refractivity contribution is 6.30. The molecule has 1 N–H and O–H groups in total. The average Bonchev–Trinajstić information content (AvgIpc) is 3.12. The number of amides is 2. The Morgan fingerprint density at radius 3 is 2.43 bits per heavy atom. The van der Waals surface area contributed by atoms with E-state index in [0.717, 1.165) is 12.1 Å². The summed E-state index contributed by atoms with van der Waals surface area (Å²) in [5, 5.41) is 3.73. The number of hydrogen-bond donors (Lipinski definition) is 1. The van der Waals surface area contributed by atoms with E-state index in [9.17, 15) is 9.59 Å². The quantitative estimate of drug-likeness (QED) is 0.689. The fraction of sp³-hybridized carbons (Fsp3) is 0.375. The van der Waals surface area contributed by atoms with Crippen LogP contribution in [0.4, 0.5) is 5.69 Å². The Hall–Kier alpha value is -1.81. The van der Waals surface area contributed by atoms with E-state index in [2.05, 4.69) is 17.5 Å². The van der Waals surface area contributed by atoms with E-state index in [-0.39, 0.29) is 42.2 Å². The highest BCUT2D eigenvalue weighted by Crippen LogP contribution is 2.52. The molecule has 4 unspecified atom stereocenters. The summed E-state index contributed by atoms with van der Waals surface area (Å²) >= 11 is 5.93. The molecule has 4 nitrogen and oxygen atoms in total. The Kier molecular flexibility index (Phi) is 2.82. The Morgan fingerprint density at radius 2 is 1.81 bits per heavy atom. The predicted octanol–water partition coefficient (Wildman–Crippen LogP) is 2.52. The summed E-state index contributed by atoms with van der Waals surface area (Å²) < 4.78 is 0. The third-order valence-electron chi connectivity index (χ3n) is 4.83. The minimum atomic E-state index is -0.131. The normalized spacial score (nSPS) is 32.9. The number of nitrogens with one attached hydrogen (secondary N) is 1. The van der Waals surface area contributed by atoms with Crippen LogP contribution in [-0.4, -0.2) is 23.4 Å². The summed E-state index contributed by atoms with van der Waals surface area (Å²) in [6.07, 6.45) is 5.16. The molecular weight excluding hydrogens is 288 g/mol. The molecule has 0 aromatic heterocycles. The van der Waals surface area contributed by atoms with Gasteiger partial charge in [-0.25, -0.2) is 0 Å². The number of carbonyl (C=O) groups is 2. The van der Waals surface area contributed by atoms with Gasteiger partial charge in [0, 0.05) is 10.7 Å². The molecule has 1 aliphatic heterocycles. The topological polar surface area (TPSA) is 49.4 Å². The molecule has 2 bridgehead atoms. The van der Waals surface area contributed by atoms with Gasteiger partial charge in [0.2, 0.25) is 11.8 Å². The lowest BCUT2D eigenvalue weighted by Gasteiger charge is -2.18. The van der Waals surface area contributed by atoms with E-state index < -0.39 is 0 Å². The Morgan fingerprint density at radius 1 is 1.14 bits per heavy atom.